The minimum Gasteiger partial charge on any atom is -0.367 e. The average Bonchev–Trinajstić information content (AvgIpc) is 2.98. The third-order valence-electron chi connectivity index (χ3n) is 4.52. The lowest BCUT2D eigenvalue weighted by Gasteiger charge is -2.32. The van der Waals surface area contributed by atoms with Crippen molar-refractivity contribution in [1.82, 2.24) is 14.9 Å². The highest BCUT2D eigenvalue weighted by Gasteiger charge is 2.20. The zero-order valence-electron chi connectivity index (χ0n) is 13.6. The number of hydrogen-bond donors (Lipinski definition) is 1. The first kappa shape index (κ1) is 17.0. The van der Waals surface area contributed by atoms with Gasteiger partial charge in [0.05, 0.1) is 9.72 Å². The molecule has 25 heavy (non-hydrogen) atoms. The van der Waals surface area contributed by atoms with E-state index in [2.05, 4.69) is 26.3 Å². The van der Waals surface area contributed by atoms with Crippen molar-refractivity contribution in [2.75, 3.05) is 18.4 Å². The van der Waals surface area contributed by atoms with E-state index in [0.717, 1.165) is 57.9 Å². The number of nitrogens with zero attached hydrogens (tertiary/aromatic N) is 3. The molecule has 130 valence electrons. The first-order chi connectivity index (χ1) is 12.2. The molecule has 1 fully saturated rings. The van der Waals surface area contributed by atoms with Crippen LogP contribution in [0.4, 0.5) is 5.82 Å². The standard InChI is InChI=1S/C18H18Cl2N4S/c19-13-3-1-2-12(8-13)10-24-6-4-14(5-7-24)23-17-15-9-16(20)25-18(15)22-11-21-17/h1-3,8-9,11,14H,4-7,10H2,(H,21,22,23). The van der Waals surface area contributed by atoms with Gasteiger partial charge in [-0.25, -0.2) is 9.97 Å². The van der Waals surface area contributed by atoms with E-state index in [9.17, 15) is 0 Å². The summed E-state index contributed by atoms with van der Waals surface area (Å²) < 4.78 is 0.745. The van der Waals surface area contributed by atoms with Crippen molar-refractivity contribution in [3.8, 4) is 0 Å². The number of piperidine rings is 1. The Morgan fingerprint density at radius 3 is 2.80 bits per heavy atom. The quantitative estimate of drug-likeness (QED) is 0.672. The zero-order valence-corrected chi connectivity index (χ0v) is 15.9. The van der Waals surface area contributed by atoms with E-state index in [1.54, 1.807) is 6.33 Å². The van der Waals surface area contributed by atoms with E-state index in [4.69, 9.17) is 23.2 Å². The van der Waals surface area contributed by atoms with E-state index in [1.165, 1.54) is 16.9 Å². The Kier molecular flexibility index (Phi) is 5.08. The molecule has 3 heterocycles. The van der Waals surface area contributed by atoms with Gasteiger partial charge in [-0.2, -0.15) is 0 Å². The number of fused-ring (bicyclic) bond motifs is 1. The second kappa shape index (κ2) is 7.46. The molecule has 2 aromatic heterocycles. The number of thiophene rings is 1. The Balaban J connectivity index is 1.37. The minimum absolute atomic E-state index is 0.424. The molecule has 0 amide bonds. The van der Waals surface area contributed by atoms with E-state index < -0.39 is 0 Å². The number of benzene rings is 1. The van der Waals surface area contributed by atoms with Crippen LogP contribution in [0.25, 0.3) is 10.2 Å². The molecule has 0 aliphatic carbocycles. The molecule has 0 atom stereocenters. The third kappa shape index (κ3) is 4.06. The number of anilines is 1. The van der Waals surface area contributed by atoms with Crippen molar-refractivity contribution in [3.63, 3.8) is 0 Å². The molecule has 0 radical (unpaired) electrons. The number of aromatic nitrogens is 2. The summed E-state index contributed by atoms with van der Waals surface area (Å²) in [4.78, 5) is 12.1. The first-order valence-corrected chi connectivity index (χ1v) is 9.88. The maximum absolute atomic E-state index is 6.11. The van der Waals surface area contributed by atoms with Crippen molar-refractivity contribution >= 4 is 50.6 Å². The van der Waals surface area contributed by atoms with Crippen LogP contribution in [0.5, 0.6) is 0 Å². The summed E-state index contributed by atoms with van der Waals surface area (Å²) in [5.74, 6) is 0.890. The van der Waals surface area contributed by atoms with Crippen molar-refractivity contribution in [1.29, 1.82) is 0 Å². The summed E-state index contributed by atoms with van der Waals surface area (Å²) in [6.07, 6.45) is 3.78. The fraction of sp³-hybridized carbons (Fsp3) is 0.333. The number of nitrogens with one attached hydrogen (secondary N) is 1. The maximum atomic E-state index is 6.11. The summed E-state index contributed by atoms with van der Waals surface area (Å²) in [6.45, 7) is 3.07. The summed E-state index contributed by atoms with van der Waals surface area (Å²) in [7, 11) is 0. The van der Waals surface area contributed by atoms with Crippen LogP contribution in [0.15, 0.2) is 36.7 Å². The van der Waals surface area contributed by atoms with E-state index in [1.807, 2.05) is 24.3 Å². The van der Waals surface area contributed by atoms with Crippen molar-refractivity contribution < 1.29 is 0 Å². The molecule has 0 spiro atoms. The highest BCUT2D eigenvalue weighted by Crippen LogP contribution is 2.32. The van der Waals surface area contributed by atoms with Gasteiger partial charge in [-0.05, 0) is 36.6 Å². The third-order valence-corrected chi connectivity index (χ3v) is 5.93. The predicted molar refractivity (Wildman–Crippen MR) is 106 cm³/mol. The van der Waals surface area contributed by atoms with Gasteiger partial charge in [0, 0.05) is 30.7 Å². The van der Waals surface area contributed by atoms with Gasteiger partial charge in [0.25, 0.3) is 0 Å². The molecule has 7 heteroatoms. The second-order valence-corrected chi connectivity index (χ2v) is 8.41. The highest BCUT2D eigenvalue weighted by molar-refractivity contribution is 7.22. The normalized spacial score (nSPS) is 16.4. The van der Waals surface area contributed by atoms with Crippen molar-refractivity contribution in [2.24, 2.45) is 0 Å². The van der Waals surface area contributed by atoms with Crippen LogP contribution in [0.2, 0.25) is 9.36 Å². The SMILES string of the molecule is Clc1cccc(CN2CCC(Nc3ncnc4sc(Cl)cc34)CC2)c1. The average molecular weight is 393 g/mol. The molecule has 3 aromatic rings. The van der Waals surface area contributed by atoms with Gasteiger partial charge < -0.3 is 5.32 Å². The minimum atomic E-state index is 0.424. The monoisotopic (exact) mass is 392 g/mol. The van der Waals surface area contributed by atoms with Crippen LogP contribution in [0.3, 0.4) is 0 Å². The second-order valence-electron chi connectivity index (χ2n) is 6.32. The highest BCUT2D eigenvalue weighted by atomic mass is 35.5. The van der Waals surface area contributed by atoms with Crippen LogP contribution in [-0.2, 0) is 6.54 Å². The van der Waals surface area contributed by atoms with Gasteiger partial charge in [0.1, 0.15) is 17.0 Å². The predicted octanol–water partition coefficient (Wildman–Crippen LogP) is 5.07. The van der Waals surface area contributed by atoms with Gasteiger partial charge in [-0.1, -0.05) is 35.3 Å². The van der Waals surface area contributed by atoms with E-state index in [0.29, 0.717) is 6.04 Å². The van der Waals surface area contributed by atoms with Gasteiger partial charge in [-0.3, -0.25) is 4.90 Å². The maximum Gasteiger partial charge on any atom is 0.138 e. The molecular weight excluding hydrogens is 375 g/mol. The summed E-state index contributed by atoms with van der Waals surface area (Å²) >= 11 is 13.7. The van der Waals surface area contributed by atoms with Gasteiger partial charge >= 0.3 is 0 Å². The fourth-order valence-corrected chi connectivity index (χ4v) is 4.53. The lowest BCUT2D eigenvalue weighted by Crippen LogP contribution is -2.38. The fourth-order valence-electron chi connectivity index (χ4n) is 3.26. The van der Waals surface area contributed by atoms with Crippen molar-refractivity contribution in [2.45, 2.75) is 25.4 Å². The van der Waals surface area contributed by atoms with Crippen LogP contribution >= 0.6 is 34.5 Å². The Hall–Kier alpha value is -1.40. The number of hydrogen-bond acceptors (Lipinski definition) is 5. The van der Waals surface area contributed by atoms with Gasteiger partial charge in [0.2, 0.25) is 0 Å². The zero-order chi connectivity index (χ0) is 17.2. The molecule has 0 bridgehead atoms. The Morgan fingerprint density at radius 2 is 2.00 bits per heavy atom. The number of halogens is 2. The molecule has 0 unspecified atom stereocenters. The van der Waals surface area contributed by atoms with Crippen molar-refractivity contribution in [3.05, 3.63) is 51.6 Å². The van der Waals surface area contributed by atoms with Crippen LogP contribution in [0, 0.1) is 0 Å². The summed E-state index contributed by atoms with van der Waals surface area (Å²) in [5, 5.41) is 5.39. The largest absolute Gasteiger partial charge is 0.367 e. The Morgan fingerprint density at radius 1 is 1.16 bits per heavy atom. The number of rotatable bonds is 4. The molecule has 1 N–H and O–H groups in total. The molecule has 1 saturated heterocycles. The Bertz CT molecular complexity index is 874. The van der Waals surface area contributed by atoms with E-state index in [-0.39, 0.29) is 0 Å². The topological polar surface area (TPSA) is 41.0 Å². The van der Waals surface area contributed by atoms with Crippen LogP contribution in [-0.4, -0.2) is 34.0 Å². The summed E-state index contributed by atoms with van der Waals surface area (Å²) in [6, 6.07) is 10.5. The van der Waals surface area contributed by atoms with Gasteiger partial charge in [-0.15, -0.1) is 11.3 Å². The smallest absolute Gasteiger partial charge is 0.138 e. The molecule has 1 aliphatic heterocycles. The van der Waals surface area contributed by atoms with Gasteiger partial charge in [0.15, 0.2) is 0 Å². The van der Waals surface area contributed by atoms with E-state index >= 15 is 0 Å². The first-order valence-electron chi connectivity index (χ1n) is 8.31. The molecule has 4 rings (SSSR count). The lowest BCUT2D eigenvalue weighted by molar-refractivity contribution is 0.211. The molecule has 1 aromatic carbocycles. The Labute approximate surface area is 160 Å². The molecule has 0 saturated carbocycles. The molecule has 1 aliphatic rings. The molecule has 4 nitrogen and oxygen atoms in total. The lowest BCUT2D eigenvalue weighted by atomic mass is 10.0. The summed E-state index contributed by atoms with van der Waals surface area (Å²) in [5.41, 5.74) is 1.27. The van der Waals surface area contributed by atoms with Crippen LogP contribution in [0.1, 0.15) is 18.4 Å². The molecular formula is C18H18Cl2N4S. The number of likely N-dealkylation sites (tertiary alicyclic amines) is 1. The van der Waals surface area contributed by atoms with Crippen LogP contribution < -0.4 is 5.32 Å².